The molecule has 0 spiro atoms. The van der Waals surface area contributed by atoms with E-state index in [0.29, 0.717) is 41.5 Å². The van der Waals surface area contributed by atoms with Crippen molar-refractivity contribution in [3.8, 4) is 22.8 Å². The molecular weight excluding hydrogens is 392 g/mol. The molecule has 31 heavy (non-hydrogen) atoms. The Kier molecular flexibility index (Phi) is 6.68. The molecule has 0 fully saturated rings. The van der Waals surface area contributed by atoms with Gasteiger partial charge in [0.1, 0.15) is 5.56 Å². The average molecular weight is 423 g/mol. The van der Waals surface area contributed by atoms with Gasteiger partial charge in [0.15, 0.2) is 17.3 Å². The van der Waals surface area contributed by atoms with Crippen LogP contribution in [0.3, 0.4) is 0 Å². The molecule has 0 aliphatic carbocycles. The van der Waals surface area contributed by atoms with Gasteiger partial charge in [0.05, 0.1) is 19.9 Å². The summed E-state index contributed by atoms with van der Waals surface area (Å²) in [7, 11) is 3.21. The first-order valence-electron chi connectivity index (χ1n) is 10.3. The van der Waals surface area contributed by atoms with Crippen LogP contribution in [0.25, 0.3) is 11.3 Å². The Morgan fingerprint density at radius 2 is 1.71 bits per heavy atom. The minimum Gasteiger partial charge on any atom is -0.493 e. The highest BCUT2D eigenvalue weighted by Gasteiger charge is 2.22. The maximum absolute atomic E-state index is 12.9. The Balaban J connectivity index is 1.71. The maximum Gasteiger partial charge on any atom is 0.257 e. The highest BCUT2D eigenvalue weighted by molar-refractivity contribution is 6.00. The van der Waals surface area contributed by atoms with Crippen LogP contribution in [0.1, 0.15) is 48.0 Å². The molecule has 0 saturated carbocycles. The first-order valence-corrected chi connectivity index (χ1v) is 10.3. The molecule has 3 aromatic rings. The minimum absolute atomic E-state index is 0.0558. The second-order valence-corrected chi connectivity index (χ2v) is 8.49. The van der Waals surface area contributed by atoms with E-state index in [2.05, 4.69) is 43.4 Å². The van der Waals surface area contributed by atoms with Gasteiger partial charge < -0.3 is 19.3 Å². The van der Waals surface area contributed by atoms with E-state index < -0.39 is 0 Å². The number of carbonyl (C=O) groups is 1. The van der Waals surface area contributed by atoms with Crippen molar-refractivity contribution >= 4 is 5.91 Å². The number of benzene rings is 2. The Bertz CT molecular complexity index is 1050. The largest absolute Gasteiger partial charge is 0.493 e. The summed E-state index contributed by atoms with van der Waals surface area (Å²) in [5, 5.41) is 7.00. The van der Waals surface area contributed by atoms with Crippen LogP contribution in [0.5, 0.6) is 11.5 Å². The van der Waals surface area contributed by atoms with Gasteiger partial charge >= 0.3 is 0 Å². The summed E-state index contributed by atoms with van der Waals surface area (Å²) in [4.78, 5) is 12.9. The van der Waals surface area contributed by atoms with Crippen LogP contribution in [-0.4, -0.2) is 31.8 Å². The molecule has 0 saturated heterocycles. The van der Waals surface area contributed by atoms with Crippen molar-refractivity contribution in [2.45, 2.75) is 39.5 Å². The number of rotatable bonds is 7. The Labute approximate surface area is 183 Å². The zero-order valence-electron chi connectivity index (χ0n) is 19.0. The molecule has 1 amide bonds. The van der Waals surface area contributed by atoms with Crippen molar-refractivity contribution in [3.63, 3.8) is 0 Å². The standard InChI is InChI=1S/C25H30N2O4/c1-16-22(23(31-27-16)18-8-10-19(11-9-18)25(2,3)4)24(28)26-14-13-17-7-12-20(29-5)21(15-17)30-6/h7-12,15H,13-14H2,1-6H3,(H,26,28). The lowest BCUT2D eigenvalue weighted by atomic mass is 9.86. The van der Waals surface area contributed by atoms with Gasteiger partial charge in [-0.1, -0.05) is 56.3 Å². The lowest BCUT2D eigenvalue weighted by Gasteiger charge is -2.18. The van der Waals surface area contributed by atoms with E-state index in [1.165, 1.54) is 5.56 Å². The Morgan fingerprint density at radius 1 is 1.03 bits per heavy atom. The highest BCUT2D eigenvalue weighted by Crippen LogP contribution is 2.30. The van der Waals surface area contributed by atoms with E-state index in [9.17, 15) is 4.79 Å². The van der Waals surface area contributed by atoms with Gasteiger partial charge in [0, 0.05) is 12.1 Å². The molecule has 3 rings (SSSR count). The van der Waals surface area contributed by atoms with E-state index in [1.807, 2.05) is 30.3 Å². The number of ether oxygens (including phenoxy) is 2. The minimum atomic E-state index is -0.200. The Morgan fingerprint density at radius 3 is 2.32 bits per heavy atom. The van der Waals surface area contributed by atoms with Crippen LogP contribution in [-0.2, 0) is 11.8 Å². The lowest BCUT2D eigenvalue weighted by Crippen LogP contribution is -2.26. The first-order chi connectivity index (χ1) is 14.7. The van der Waals surface area contributed by atoms with E-state index in [0.717, 1.165) is 11.1 Å². The van der Waals surface area contributed by atoms with Gasteiger partial charge in [-0.15, -0.1) is 0 Å². The fraction of sp³-hybridized carbons (Fsp3) is 0.360. The predicted octanol–water partition coefficient (Wildman–Crippen LogP) is 4.94. The number of carbonyl (C=O) groups excluding carboxylic acids is 1. The molecular formula is C25H30N2O4. The fourth-order valence-electron chi connectivity index (χ4n) is 3.40. The second kappa shape index (κ2) is 9.25. The summed E-state index contributed by atoms with van der Waals surface area (Å²) in [5.74, 6) is 1.63. The summed E-state index contributed by atoms with van der Waals surface area (Å²) in [5.41, 5.74) is 4.18. The highest BCUT2D eigenvalue weighted by atomic mass is 16.5. The molecule has 1 aromatic heterocycles. The molecule has 0 radical (unpaired) electrons. The van der Waals surface area contributed by atoms with E-state index in [-0.39, 0.29) is 11.3 Å². The zero-order chi connectivity index (χ0) is 22.6. The van der Waals surface area contributed by atoms with Gasteiger partial charge in [-0.05, 0) is 42.0 Å². The van der Waals surface area contributed by atoms with Crippen LogP contribution in [0.4, 0.5) is 0 Å². The maximum atomic E-state index is 12.9. The van der Waals surface area contributed by atoms with Gasteiger partial charge in [-0.25, -0.2) is 0 Å². The summed E-state index contributed by atoms with van der Waals surface area (Å²) in [6, 6.07) is 13.8. The molecule has 1 N–H and O–H groups in total. The average Bonchev–Trinajstić information content (AvgIpc) is 3.14. The predicted molar refractivity (Wildman–Crippen MR) is 121 cm³/mol. The molecule has 0 aliphatic heterocycles. The van der Waals surface area contributed by atoms with Crippen molar-refractivity contribution in [2.24, 2.45) is 0 Å². The molecule has 6 heteroatoms. The third-order valence-corrected chi connectivity index (χ3v) is 5.25. The molecule has 0 bridgehead atoms. The van der Waals surface area contributed by atoms with Crippen LogP contribution in [0.2, 0.25) is 0 Å². The first kappa shape index (κ1) is 22.4. The van der Waals surface area contributed by atoms with Gasteiger partial charge in [0.25, 0.3) is 5.91 Å². The van der Waals surface area contributed by atoms with Crippen molar-refractivity contribution in [2.75, 3.05) is 20.8 Å². The fourth-order valence-corrected chi connectivity index (χ4v) is 3.40. The number of nitrogens with zero attached hydrogens (tertiary/aromatic N) is 1. The Hall–Kier alpha value is -3.28. The normalized spacial score (nSPS) is 11.3. The van der Waals surface area contributed by atoms with Gasteiger partial charge in [0.2, 0.25) is 0 Å². The summed E-state index contributed by atoms with van der Waals surface area (Å²) < 4.78 is 16.1. The third-order valence-electron chi connectivity index (χ3n) is 5.25. The van der Waals surface area contributed by atoms with Gasteiger partial charge in [-0.3, -0.25) is 4.79 Å². The van der Waals surface area contributed by atoms with Crippen molar-refractivity contribution < 1.29 is 18.8 Å². The van der Waals surface area contributed by atoms with Crippen LogP contribution in [0, 0.1) is 6.92 Å². The second-order valence-electron chi connectivity index (χ2n) is 8.49. The quantitative estimate of drug-likeness (QED) is 0.584. The van der Waals surface area contributed by atoms with Gasteiger partial charge in [-0.2, -0.15) is 0 Å². The van der Waals surface area contributed by atoms with Crippen molar-refractivity contribution in [1.82, 2.24) is 10.5 Å². The van der Waals surface area contributed by atoms with Crippen LogP contribution >= 0.6 is 0 Å². The van der Waals surface area contributed by atoms with Crippen LogP contribution in [0.15, 0.2) is 47.0 Å². The molecule has 0 aliphatic rings. The lowest BCUT2D eigenvalue weighted by molar-refractivity contribution is 0.0954. The number of amides is 1. The number of aromatic nitrogens is 1. The number of methoxy groups -OCH3 is 2. The van der Waals surface area contributed by atoms with E-state index in [1.54, 1.807) is 21.1 Å². The monoisotopic (exact) mass is 422 g/mol. The number of hydrogen-bond acceptors (Lipinski definition) is 5. The summed E-state index contributed by atoms with van der Waals surface area (Å²) in [6.45, 7) is 8.74. The third kappa shape index (κ3) is 5.08. The van der Waals surface area contributed by atoms with E-state index >= 15 is 0 Å². The summed E-state index contributed by atoms with van der Waals surface area (Å²) >= 11 is 0. The van der Waals surface area contributed by atoms with Crippen molar-refractivity contribution in [3.05, 3.63) is 64.8 Å². The zero-order valence-corrected chi connectivity index (χ0v) is 19.0. The SMILES string of the molecule is COc1ccc(CCNC(=O)c2c(C)noc2-c2ccc(C(C)(C)C)cc2)cc1OC. The van der Waals surface area contributed by atoms with Crippen molar-refractivity contribution in [1.29, 1.82) is 0 Å². The molecule has 0 unspecified atom stereocenters. The van der Waals surface area contributed by atoms with E-state index in [4.69, 9.17) is 14.0 Å². The molecule has 1 heterocycles. The number of hydrogen-bond donors (Lipinski definition) is 1. The number of nitrogens with one attached hydrogen (secondary N) is 1. The number of aryl methyl sites for hydroxylation is 1. The topological polar surface area (TPSA) is 73.6 Å². The molecule has 6 nitrogen and oxygen atoms in total. The molecule has 0 atom stereocenters. The molecule has 2 aromatic carbocycles. The summed E-state index contributed by atoms with van der Waals surface area (Å²) in [6.07, 6.45) is 0.659. The smallest absolute Gasteiger partial charge is 0.257 e. The molecule has 164 valence electrons. The van der Waals surface area contributed by atoms with Crippen LogP contribution < -0.4 is 14.8 Å².